The third kappa shape index (κ3) is 4.43. The molecule has 0 fully saturated rings. The van der Waals surface area contributed by atoms with Crippen LogP contribution in [0.4, 0.5) is 11.4 Å². The quantitative estimate of drug-likeness (QED) is 0.488. The maximum absolute atomic E-state index is 6.43. The maximum Gasteiger partial charge on any atom is 0.0902 e. The normalized spacial score (nSPS) is 10.8. The van der Waals surface area contributed by atoms with E-state index >= 15 is 0 Å². The van der Waals surface area contributed by atoms with Gasteiger partial charge in [0.15, 0.2) is 0 Å². The number of hydrogen-bond acceptors (Lipinski definition) is 2. The Hall–Kier alpha value is -1.38. The lowest BCUT2D eigenvalue weighted by Crippen LogP contribution is -2.39. The van der Waals surface area contributed by atoms with E-state index < -0.39 is 0 Å². The molecule has 0 radical (unpaired) electrons. The second-order valence-electron chi connectivity index (χ2n) is 6.04. The summed E-state index contributed by atoms with van der Waals surface area (Å²) >= 11 is 12.9. The van der Waals surface area contributed by atoms with Crippen LogP contribution in [0.2, 0.25) is 10.0 Å². The van der Waals surface area contributed by atoms with Gasteiger partial charge in [-0.15, -0.1) is 0 Å². The molecule has 0 heterocycles. The fourth-order valence-electron chi connectivity index (χ4n) is 3.29. The molecule has 0 atom stereocenters. The largest absolute Gasteiger partial charge is 0.354 e. The van der Waals surface area contributed by atoms with Crippen molar-refractivity contribution < 1.29 is 0 Å². The summed E-state index contributed by atoms with van der Waals surface area (Å²) in [5, 5.41) is 1.69. The van der Waals surface area contributed by atoms with Crippen LogP contribution in [0.1, 0.15) is 38.8 Å². The van der Waals surface area contributed by atoms with Crippen molar-refractivity contribution >= 4 is 34.6 Å². The number of halogens is 2. The van der Waals surface area contributed by atoms with E-state index in [4.69, 9.17) is 23.2 Å². The molecule has 2 aromatic rings. The minimum absolute atomic E-state index is 0.813. The summed E-state index contributed by atoms with van der Waals surface area (Å²) in [6.45, 7) is 11.3. The third-order valence-corrected chi connectivity index (χ3v) is 5.39. The van der Waals surface area contributed by atoms with Gasteiger partial charge in [0.25, 0.3) is 0 Å². The number of benzene rings is 2. The van der Waals surface area contributed by atoms with Gasteiger partial charge in [-0.3, -0.25) is 0 Å². The van der Waals surface area contributed by atoms with Crippen molar-refractivity contribution in [2.45, 2.75) is 40.5 Å². The van der Waals surface area contributed by atoms with E-state index in [0.29, 0.717) is 0 Å². The van der Waals surface area contributed by atoms with E-state index in [1.165, 1.54) is 22.5 Å². The van der Waals surface area contributed by atoms with Gasteiger partial charge in [-0.2, -0.15) is 0 Å². The van der Waals surface area contributed by atoms with Gasteiger partial charge in [-0.25, -0.2) is 0 Å². The highest BCUT2D eigenvalue weighted by Crippen LogP contribution is 2.31. The topological polar surface area (TPSA) is 6.48 Å². The standard InChI is InChI=1S/C21H28Cl2N2/c1-5-16-18(22)11-9-13-20(16)24(7-3)15-25(8-4)21-14-10-12-19(23)17(21)6-2/h9-14H,5-8,15H2,1-4H3. The molecule has 2 nitrogen and oxygen atoms in total. The summed E-state index contributed by atoms with van der Waals surface area (Å²) in [5.41, 5.74) is 4.86. The molecule has 0 saturated heterocycles. The fraction of sp³-hybridized carbons (Fsp3) is 0.429. The zero-order valence-corrected chi connectivity index (χ0v) is 17.2. The molecule has 0 aliphatic carbocycles. The Labute approximate surface area is 162 Å². The van der Waals surface area contributed by atoms with Crippen LogP contribution in [0.3, 0.4) is 0 Å². The van der Waals surface area contributed by atoms with Crippen LogP contribution in [0.5, 0.6) is 0 Å². The first-order valence-corrected chi connectivity index (χ1v) is 9.87. The summed E-state index contributed by atoms with van der Waals surface area (Å²) in [7, 11) is 0. The third-order valence-electron chi connectivity index (χ3n) is 4.68. The van der Waals surface area contributed by atoms with E-state index in [9.17, 15) is 0 Å². The van der Waals surface area contributed by atoms with E-state index in [1.807, 2.05) is 24.3 Å². The molecule has 0 spiro atoms. The summed E-state index contributed by atoms with van der Waals surface area (Å²) in [6.07, 6.45) is 1.85. The minimum Gasteiger partial charge on any atom is -0.354 e. The van der Waals surface area contributed by atoms with E-state index in [1.54, 1.807) is 0 Å². The van der Waals surface area contributed by atoms with Gasteiger partial charge in [-0.05, 0) is 62.1 Å². The van der Waals surface area contributed by atoms with E-state index in [2.05, 4.69) is 49.6 Å². The average molecular weight is 379 g/mol. The molecule has 2 rings (SSSR count). The highest BCUT2D eigenvalue weighted by Gasteiger charge is 2.17. The van der Waals surface area contributed by atoms with Crippen LogP contribution >= 0.6 is 23.2 Å². The lowest BCUT2D eigenvalue weighted by atomic mass is 10.1. The zero-order valence-electron chi connectivity index (χ0n) is 15.6. The lowest BCUT2D eigenvalue weighted by molar-refractivity contribution is 0.746. The number of anilines is 2. The van der Waals surface area contributed by atoms with Gasteiger partial charge in [0.2, 0.25) is 0 Å². The first kappa shape index (κ1) is 19.9. The molecule has 0 aliphatic rings. The zero-order chi connectivity index (χ0) is 18.4. The second kappa shape index (κ2) is 9.35. The van der Waals surface area contributed by atoms with Crippen molar-refractivity contribution in [2.75, 3.05) is 29.6 Å². The molecule has 136 valence electrons. The van der Waals surface area contributed by atoms with Crippen molar-refractivity contribution in [1.29, 1.82) is 0 Å². The van der Waals surface area contributed by atoms with Gasteiger partial charge in [0, 0.05) is 34.5 Å². The summed E-state index contributed by atoms with van der Waals surface area (Å²) in [6, 6.07) is 12.4. The van der Waals surface area contributed by atoms with Crippen molar-refractivity contribution in [3.8, 4) is 0 Å². The Bertz CT molecular complexity index is 641. The number of nitrogens with zero attached hydrogens (tertiary/aromatic N) is 2. The number of hydrogen-bond donors (Lipinski definition) is 0. The molecule has 25 heavy (non-hydrogen) atoms. The van der Waals surface area contributed by atoms with Crippen LogP contribution in [0.25, 0.3) is 0 Å². The van der Waals surface area contributed by atoms with Crippen LogP contribution in [0, 0.1) is 0 Å². The Morgan fingerprint density at radius 3 is 1.40 bits per heavy atom. The van der Waals surface area contributed by atoms with Crippen LogP contribution in [-0.2, 0) is 12.8 Å². The average Bonchev–Trinajstić information content (AvgIpc) is 2.62. The van der Waals surface area contributed by atoms with Gasteiger partial charge in [0.1, 0.15) is 0 Å². The molecule has 0 amide bonds. The monoisotopic (exact) mass is 378 g/mol. The predicted molar refractivity (Wildman–Crippen MR) is 113 cm³/mol. The molecule has 0 unspecified atom stereocenters. The highest BCUT2D eigenvalue weighted by molar-refractivity contribution is 6.32. The molecule has 0 N–H and O–H groups in total. The van der Waals surface area contributed by atoms with Crippen LogP contribution in [0.15, 0.2) is 36.4 Å². The molecule has 0 saturated carbocycles. The highest BCUT2D eigenvalue weighted by atomic mass is 35.5. The smallest absolute Gasteiger partial charge is 0.0902 e. The van der Waals surface area contributed by atoms with Crippen molar-refractivity contribution in [3.63, 3.8) is 0 Å². The summed E-state index contributed by atoms with van der Waals surface area (Å²) in [4.78, 5) is 4.77. The Morgan fingerprint density at radius 1 is 0.680 bits per heavy atom. The summed E-state index contributed by atoms with van der Waals surface area (Å²) in [5.74, 6) is 0. The molecule has 0 aromatic heterocycles. The SMILES string of the molecule is CCc1c(Cl)cccc1N(CC)CN(CC)c1cccc(Cl)c1CC. The van der Waals surface area contributed by atoms with Crippen LogP contribution in [-0.4, -0.2) is 19.8 Å². The second-order valence-corrected chi connectivity index (χ2v) is 6.85. The van der Waals surface area contributed by atoms with Crippen LogP contribution < -0.4 is 9.80 Å². The number of rotatable bonds is 8. The van der Waals surface area contributed by atoms with E-state index in [0.717, 1.165) is 42.6 Å². The summed E-state index contributed by atoms with van der Waals surface area (Å²) < 4.78 is 0. The fourth-order valence-corrected chi connectivity index (χ4v) is 3.89. The lowest BCUT2D eigenvalue weighted by Gasteiger charge is -2.34. The molecule has 0 bridgehead atoms. The Balaban J connectivity index is 2.37. The van der Waals surface area contributed by atoms with Crippen molar-refractivity contribution in [3.05, 3.63) is 57.6 Å². The first-order chi connectivity index (χ1) is 12.1. The molecular formula is C21H28Cl2N2. The minimum atomic E-state index is 0.813. The van der Waals surface area contributed by atoms with Gasteiger partial charge in [0.05, 0.1) is 6.67 Å². The first-order valence-electron chi connectivity index (χ1n) is 9.11. The Kier molecular flexibility index (Phi) is 7.46. The van der Waals surface area contributed by atoms with Gasteiger partial charge in [-0.1, -0.05) is 49.2 Å². The van der Waals surface area contributed by atoms with Crippen molar-refractivity contribution in [1.82, 2.24) is 0 Å². The van der Waals surface area contributed by atoms with Crippen molar-refractivity contribution in [2.24, 2.45) is 0 Å². The maximum atomic E-state index is 6.43. The van der Waals surface area contributed by atoms with E-state index in [-0.39, 0.29) is 0 Å². The molecular weight excluding hydrogens is 351 g/mol. The molecule has 0 aliphatic heterocycles. The molecule has 4 heteroatoms. The predicted octanol–water partition coefficient (Wildman–Crippen LogP) is 6.43. The van der Waals surface area contributed by atoms with Gasteiger partial charge >= 0.3 is 0 Å². The molecule has 2 aromatic carbocycles. The Morgan fingerprint density at radius 2 is 1.08 bits per heavy atom. The van der Waals surface area contributed by atoms with Gasteiger partial charge < -0.3 is 9.80 Å².